The van der Waals surface area contributed by atoms with Gasteiger partial charge in [-0.15, -0.1) is 0 Å². The van der Waals surface area contributed by atoms with Crippen LogP contribution < -0.4 is 4.74 Å². The maximum atomic E-state index is 6.41. The molecule has 0 spiro atoms. The van der Waals surface area contributed by atoms with Gasteiger partial charge in [0.1, 0.15) is 11.5 Å². The summed E-state index contributed by atoms with van der Waals surface area (Å²) in [5.41, 5.74) is 12.9. The van der Waals surface area contributed by atoms with Crippen LogP contribution >= 0.6 is 0 Å². The predicted octanol–water partition coefficient (Wildman–Crippen LogP) is 13.2. The molecule has 4 heteroatoms. The van der Waals surface area contributed by atoms with E-state index in [4.69, 9.17) is 14.7 Å². The summed E-state index contributed by atoms with van der Waals surface area (Å²) in [7, 11) is 0. The molecule has 0 unspecified atom stereocenters. The Bertz CT molecular complexity index is 3010. The van der Waals surface area contributed by atoms with Crippen LogP contribution in [0.15, 0.2) is 188 Å². The number of benzene rings is 8. The summed E-state index contributed by atoms with van der Waals surface area (Å²) < 4.78 is 8.78. The van der Waals surface area contributed by atoms with Crippen LogP contribution in [-0.4, -0.2) is 14.5 Å². The normalized spacial score (nSPS) is 11.9. The average molecular weight is 690 g/mol. The molecule has 10 aromatic rings. The Morgan fingerprint density at radius 2 is 1.06 bits per heavy atom. The van der Waals surface area contributed by atoms with Gasteiger partial charge >= 0.3 is 0 Å². The fraction of sp³-hybridized carbons (Fsp3) is 0. The summed E-state index contributed by atoms with van der Waals surface area (Å²) in [4.78, 5) is 10.1. The van der Waals surface area contributed by atoms with E-state index < -0.39 is 0 Å². The van der Waals surface area contributed by atoms with Crippen molar-refractivity contribution < 1.29 is 4.74 Å². The van der Waals surface area contributed by atoms with E-state index in [0.29, 0.717) is 5.82 Å². The van der Waals surface area contributed by atoms with E-state index in [1.54, 1.807) is 0 Å². The fourth-order valence-corrected chi connectivity index (χ4v) is 8.05. The standard InChI is InChI=1S/C50H31N3O/c1-3-12-32(13-4-1)43-31-44(52-50(51-43)34-14-5-2-6-15-34)37-18-9-19-38(28-37)53-45-22-8-7-20-39(45)41-29-35(24-26-46(41)53)36-25-27-47-42(30-36)40-21-10-16-33-17-11-23-48(54-47)49(33)40/h1-31H. The number of hydrogen-bond acceptors (Lipinski definition) is 3. The zero-order valence-electron chi connectivity index (χ0n) is 29.1. The van der Waals surface area contributed by atoms with E-state index in [-0.39, 0.29) is 0 Å². The first-order valence-corrected chi connectivity index (χ1v) is 18.2. The van der Waals surface area contributed by atoms with Crippen molar-refractivity contribution >= 4 is 32.6 Å². The lowest BCUT2D eigenvalue weighted by atomic mass is 9.92. The number of fused-ring (bicyclic) bond motifs is 5. The molecule has 1 aliphatic rings. The Balaban J connectivity index is 1.04. The van der Waals surface area contributed by atoms with E-state index in [1.165, 1.54) is 27.1 Å². The third-order valence-corrected chi connectivity index (χ3v) is 10.6. The Morgan fingerprint density at radius 3 is 1.91 bits per heavy atom. The van der Waals surface area contributed by atoms with Crippen molar-refractivity contribution in [1.29, 1.82) is 0 Å². The Labute approximate surface area is 312 Å². The first-order chi connectivity index (χ1) is 26.7. The second kappa shape index (κ2) is 12.1. The molecule has 0 atom stereocenters. The molecular weight excluding hydrogens is 659 g/mol. The van der Waals surface area contributed by atoms with Gasteiger partial charge in [0.15, 0.2) is 5.82 Å². The molecule has 0 saturated heterocycles. The molecule has 54 heavy (non-hydrogen) atoms. The third kappa shape index (κ3) is 4.92. The average Bonchev–Trinajstić information content (AvgIpc) is 3.58. The van der Waals surface area contributed by atoms with Crippen LogP contribution in [0.2, 0.25) is 0 Å². The van der Waals surface area contributed by atoms with E-state index in [9.17, 15) is 0 Å². The molecule has 3 heterocycles. The molecule has 252 valence electrons. The van der Waals surface area contributed by atoms with Gasteiger partial charge in [0.05, 0.1) is 22.4 Å². The molecule has 0 amide bonds. The number of nitrogens with zero attached hydrogens (tertiary/aromatic N) is 3. The van der Waals surface area contributed by atoms with Crippen LogP contribution in [0, 0.1) is 0 Å². The van der Waals surface area contributed by atoms with Gasteiger partial charge in [0, 0.05) is 44.1 Å². The molecule has 0 bridgehead atoms. The second-order valence-electron chi connectivity index (χ2n) is 13.8. The molecule has 4 nitrogen and oxygen atoms in total. The first kappa shape index (κ1) is 30.3. The first-order valence-electron chi connectivity index (χ1n) is 18.2. The largest absolute Gasteiger partial charge is 0.456 e. The quantitative estimate of drug-likeness (QED) is 0.181. The van der Waals surface area contributed by atoms with Crippen molar-refractivity contribution in [3.05, 3.63) is 188 Å². The van der Waals surface area contributed by atoms with Gasteiger partial charge in [-0.2, -0.15) is 0 Å². The molecule has 0 fully saturated rings. The zero-order chi connectivity index (χ0) is 35.6. The van der Waals surface area contributed by atoms with Gasteiger partial charge in [0.2, 0.25) is 0 Å². The van der Waals surface area contributed by atoms with Crippen LogP contribution in [0.3, 0.4) is 0 Å². The molecule has 8 aromatic carbocycles. The third-order valence-electron chi connectivity index (χ3n) is 10.6. The van der Waals surface area contributed by atoms with Crippen LogP contribution in [0.25, 0.3) is 94.4 Å². The van der Waals surface area contributed by atoms with E-state index in [2.05, 4.69) is 156 Å². The molecule has 2 aromatic heterocycles. The van der Waals surface area contributed by atoms with Crippen molar-refractivity contribution in [1.82, 2.24) is 14.5 Å². The van der Waals surface area contributed by atoms with Crippen molar-refractivity contribution in [2.45, 2.75) is 0 Å². The molecule has 1 aliphatic heterocycles. The SMILES string of the molecule is c1ccc(-c2cc(-c3cccc(-n4c5ccccc5c5cc(-c6ccc7c(c6)-c6cccc8cccc(c68)O7)ccc54)c3)nc(-c3ccccc3)n2)cc1. The van der Waals surface area contributed by atoms with Crippen molar-refractivity contribution in [3.63, 3.8) is 0 Å². The van der Waals surface area contributed by atoms with Gasteiger partial charge in [-0.1, -0.05) is 133 Å². The highest BCUT2D eigenvalue weighted by Crippen LogP contribution is 2.48. The Hall–Kier alpha value is -7.30. The van der Waals surface area contributed by atoms with Crippen molar-refractivity contribution in [2.75, 3.05) is 0 Å². The summed E-state index contributed by atoms with van der Waals surface area (Å²) in [6.45, 7) is 0. The van der Waals surface area contributed by atoms with Crippen LogP contribution in [0.1, 0.15) is 0 Å². The number of ether oxygens (including phenoxy) is 1. The fourth-order valence-electron chi connectivity index (χ4n) is 8.05. The summed E-state index contributed by atoms with van der Waals surface area (Å²) in [5.74, 6) is 2.50. The highest BCUT2D eigenvalue weighted by atomic mass is 16.5. The lowest BCUT2D eigenvalue weighted by molar-refractivity contribution is 0.487. The van der Waals surface area contributed by atoms with Gasteiger partial charge < -0.3 is 9.30 Å². The number of aromatic nitrogens is 3. The summed E-state index contributed by atoms with van der Waals surface area (Å²) in [5, 5.41) is 4.77. The highest BCUT2D eigenvalue weighted by Gasteiger charge is 2.21. The maximum Gasteiger partial charge on any atom is 0.160 e. The van der Waals surface area contributed by atoms with E-state index in [0.717, 1.165) is 73.0 Å². The topological polar surface area (TPSA) is 39.9 Å². The number of para-hydroxylation sites is 1. The van der Waals surface area contributed by atoms with Gasteiger partial charge in [-0.25, -0.2) is 9.97 Å². The smallest absolute Gasteiger partial charge is 0.160 e. The van der Waals surface area contributed by atoms with Gasteiger partial charge in [-0.3, -0.25) is 0 Å². The molecule has 11 rings (SSSR count). The lowest BCUT2D eigenvalue weighted by Gasteiger charge is -2.22. The van der Waals surface area contributed by atoms with Gasteiger partial charge in [0.25, 0.3) is 0 Å². The Morgan fingerprint density at radius 1 is 0.389 bits per heavy atom. The van der Waals surface area contributed by atoms with Crippen LogP contribution in [0.4, 0.5) is 0 Å². The highest BCUT2D eigenvalue weighted by molar-refractivity contribution is 6.11. The van der Waals surface area contributed by atoms with E-state index in [1.807, 2.05) is 36.4 Å². The monoisotopic (exact) mass is 689 g/mol. The second-order valence-corrected chi connectivity index (χ2v) is 13.8. The Kier molecular flexibility index (Phi) is 6.82. The summed E-state index contributed by atoms with van der Waals surface area (Å²) in [6, 6.07) is 66.1. The zero-order valence-corrected chi connectivity index (χ0v) is 29.1. The van der Waals surface area contributed by atoms with E-state index >= 15 is 0 Å². The predicted molar refractivity (Wildman–Crippen MR) is 221 cm³/mol. The molecule has 0 aliphatic carbocycles. The van der Waals surface area contributed by atoms with Crippen LogP contribution in [-0.2, 0) is 0 Å². The van der Waals surface area contributed by atoms with Crippen molar-refractivity contribution in [2.24, 2.45) is 0 Å². The maximum absolute atomic E-state index is 6.41. The molecule has 0 saturated carbocycles. The molecule has 0 N–H and O–H groups in total. The minimum Gasteiger partial charge on any atom is -0.456 e. The summed E-state index contributed by atoms with van der Waals surface area (Å²) >= 11 is 0. The van der Waals surface area contributed by atoms with Crippen LogP contribution in [0.5, 0.6) is 11.5 Å². The summed E-state index contributed by atoms with van der Waals surface area (Å²) in [6.07, 6.45) is 0. The van der Waals surface area contributed by atoms with Gasteiger partial charge in [-0.05, 0) is 76.7 Å². The van der Waals surface area contributed by atoms with Crippen molar-refractivity contribution in [3.8, 4) is 73.3 Å². The minimum absolute atomic E-state index is 0.705. The lowest BCUT2D eigenvalue weighted by Crippen LogP contribution is -1.98. The number of hydrogen-bond donors (Lipinski definition) is 0. The number of rotatable bonds is 5. The molecule has 0 radical (unpaired) electrons. The molecular formula is C50H31N3O. The minimum atomic E-state index is 0.705.